The van der Waals surface area contributed by atoms with Crippen LogP contribution in [-0.4, -0.2) is 34.9 Å². The first-order valence-electron chi connectivity index (χ1n) is 7.21. The molecule has 1 aromatic rings. The number of carbonyl (C=O) groups excluding carboxylic acids is 1. The molecule has 1 amide bonds. The van der Waals surface area contributed by atoms with Crippen LogP contribution in [0, 0.1) is 19.3 Å². The van der Waals surface area contributed by atoms with Gasteiger partial charge in [-0.15, -0.1) is 0 Å². The third-order valence-electron chi connectivity index (χ3n) is 4.35. The zero-order chi connectivity index (χ0) is 15.6. The molecule has 2 rings (SSSR count). The fraction of sp³-hybridized carbons (Fsp3) is 0.500. The van der Waals surface area contributed by atoms with E-state index < -0.39 is 0 Å². The van der Waals surface area contributed by atoms with Crippen molar-refractivity contribution in [2.75, 3.05) is 13.1 Å². The van der Waals surface area contributed by atoms with Gasteiger partial charge in [0.2, 0.25) is 0 Å². The zero-order valence-electron chi connectivity index (χ0n) is 12.9. The molecule has 1 saturated heterocycles. The van der Waals surface area contributed by atoms with Crippen LogP contribution in [-0.2, 0) is 0 Å². The minimum atomic E-state index is -0.325. The van der Waals surface area contributed by atoms with Crippen LogP contribution >= 0.6 is 0 Å². The smallest absolute Gasteiger partial charge is 0.253 e. The highest BCUT2D eigenvalue weighted by Gasteiger charge is 2.35. The van der Waals surface area contributed by atoms with E-state index in [1.165, 1.54) is 0 Å². The summed E-state index contributed by atoms with van der Waals surface area (Å²) in [4.78, 5) is 14.4. The second-order valence-corrected chi connectivity index (χ2v) is 6.21. The lowest BCUT2D eigenvalue weighted by Crippen LogP contribution is -2.47. The van der Waals surface area contributed by atoms with E-state index in [1.54, 1.807) is 0 Å². The minimum Gasteiger partial charge on any atom is -0.409 e. The number of carbonyl (C=O) groups is 1. The molecular formula is C16H23N3O2. The highest BCUT2D eigenvalue weighted by molar-refractivity contribution is 5.95. The number of hydrogen-bond donors (Lipinski definition) is 2. The molecule has 0 unspecified atom stereocenters. The molecule has 5 heteroatoms. The van der Waals surface area contributed by atoms with Crippen molar-refractivity contribution >= 4 is 11.7 Å². The molecule has 5 nitrogen and oxygen atoms in total. The van der Waals surface area contributed by atoms with Gasteiger partial charge in [0.05, 0.1) is 0 Å². The van der Waals surface area contributed by atoms with Gasteiger partial charge >= 0.3 is 0 Å². The van der Waals surface area contributed by atoms with Gasteiger partial charge in [-0.25, -0.2) is 0 Å². The Morgan fingerprint density at radius 2 is 1.76 bits per heavy atom. The third kappa shape index (κ3) is 3.17. The molecule has 0 spiro atoms. The number of oxime groups is 1. The predicted octanol–water partition coefficient (Wildman–Crippen LogP) is 2.29. The van der Waals surface area contributed by atoms with Gasteiger partial charge < -0.3 is 15.8 Å². The molecule has 0 aliphatic carbocycles. The van der Waals surface area contributed by atoms with Gasteiger partial charge in [0.25, 0.3) is 5.91 Å². The Kier molecular flexibility index (Phi) is 4.21. The van der Waals surface area contributed by atoms with Crippen LogP contribution in [0.2, 0.25) is 0 Å². The first-order valence-corrected chi connectivity index (χ1v) is 7.21. The van der Waals surface area contributed by atoms with Crippen molar-refractivity contribution in [3.8, 4) is 0 Å². The molecule has 1 aromatic carbocycles. The molecule has 114 valence electrons. The van der Waals surface area contributed by atoms with Crippen molar-refractivity contribution in [1.29, 1.82) is 0 Å². The van der Waals surface area contributed by atoms with Crippen molar-refractivity contribution in [3.05, 3.63) is 34.9 Å². The molecule has 1 aliphatic heterocycles. The number of hydrogen-bond acceptors (Lipinski definition) is 3. The van der Waals surface area contributed by atoms with Gasteiger partial charge in [-0.05, 0) is 38.8 Å². The Bertz CT molecular complexity index is 553. The van der Waals surface area contributed by atoms with Gasteiger partial charge in [-0.3, -0.25) is 4.79 Å². The van der Waals surface area contributed by atoms with Gasteiger partial charge in [0, 0.05) is 24.1 Å². The number of likely N-dealkylation sites (tertiary alicyclic amines) is 1. The largest absolute Gasteiger partial charge is 0.409 e. The Morgan fingerprint density at radius 3 is 2.24 bits per heavy atom. The molecule has 0 radical (unpaired) electrons. The summed E-state index contributed by atoms with van der Waals surface area (Å²) in [6, 6.07) is 5.90. The van der Waals surface area contributed by atoms with Crippen LogP contribution in [0.5, 0.6) is 0 Å². The van der Waals surface area contributed by atoms with Gasteiger partial charge in [-0.2, -0.15) is 0 Å². The quantitative estimate of drug-likeness (QED) is 0.379. The highest BCUT2D eigenvalue weighted by Crippen LogP contribution is 2.31. The molecule has 0 atom stereocenters. The van der Waals surface area contributed by atoms with Gasteiger partial charge in [0.15, 0.2) is 0 Å². The lowest BCUT2D eigenvalue weighted by Gasteiger charge is -2.38. The topological polar surface area (TPSA) is 78.9 Å². The van der Waals surface area contributed by atoms with Crippen molar-refractivity contribution in [1.82, 2.24) is 4.90 Å². The van der Waals surface area contributed by atoms with E-state index in [9.17, 15) is 4.79 Å². The second kappa shape index (κ2) is 5.76. The van der Waals surface area contributed by atoms with Crippen molar-refractivity contribution in [2.45, 2.75) is 33.6 Å². The summed E-state index contributed by atoms with van der Waals surface area (Å²) in [5.74, 6) is 0.310. The summed E-state index contributed by atoms with van der Waals surface area (Å²) in [5, 5.41) is 12.0. The Hall–Kier alpha value is -2.04. The fourth-order valence-electron chi connectivity index (χ4n) is 2.86. The highest BCUT2D eigenvalue weighted by atomic mass is 16.4. The van der Waals surface area contributed by atoms with Crippen molar-refractivity contribution < 1.29 is 10.0 Å². The Labute approximate surface area is 125 Å². The van der Waals surface area contributed by atoms with E-state index >= 15 is 0 Å². The van der Waals surface area contributed by atoms with Crippen molar-refractivity contribution in [2.24, 2.45) is 16.3 Å². The van der Waals surface area contributed by atoms with Crippen LogP contribution in [0.4, 0.5) is 0 Å². The zero-order valence-corrected chi connectivity index (χ0v) is 12.9. The normalized spacial score (nSPS) is 18.6. The number of amides is 1. The summed E-state index contributed by atoms with van der Waals surface area (Å²) < 4.78 is 0. The summed E-state index contributed by atoms with van der Waals surface area (Å²) in [7, 11) is 0. The van der Waals surface area contributed by atoms with E-state index in [0.717, 1.165) is 16.7 Å². The van der Waals surface area contributed by atoms with Crippen LogP contribution in [0.25, 0.3) is 0 Å². The molecule has 0 bridgehead atoms. The molecule has 0 saturated carbocycles. The molecular weight excluding hydrogens is 266 g/mol. The first-order chi connectivity index (χ1) is 9.85. The second-order valence-electron chi connectivity index (χ2n) is 6.21. The number of aryl methyl sites for hydroxylation is 2. The first kappa shape index (κ1) is 15.4. The molecule has 3 N–H and O–H groups in total. The predicted molar refractivity (Wildman–Crippen MR) is 82.6 cm³/mol. The molecule has 1 heterocycles. The number of amidine groups is 1. The van der Waals surface area contributed by atoms with E-state index in [0.29, 0.717) is 25.9 Å². The number of nitrogens with zero attached hydrogens (tertiary/aromatic N) is 2. The number of benzene rings is 1. The lowest BCUT2D eigenvalue weighted by atomic mass is 9.79. The summed E-state index contributed by atoms with van der Waals surface area (Å²) in [5.41, 5.74) is 8.35. The monoisotopic (exact) mass is 289 g/mol. The molecule has 0 aromatic heterocycles. The van der Waals surface area contributed by atoms with Gasteiger partial charge in [0.1, 0.15) is 5.84 Å². The van der Waals surface area contributed by atoms with E-state index in [-0.39, 0.29) is 17.2 Å². The maximum absolute atomic E-state index is 12.6. The molecule has 21 heavy (non-hydrogen) atoms. The number of nitrogens with two attached hydrogens (primary N) is 1. The lowest BCUT2D eigenvalue weighted by molar-refractivity contribution is 0.0666. The van der Waals surface area contributed by atoms with E-state index in [2.05, 4.69) is 11.2 Å². The fourth-order valence-corrected chi connectivity index (χ4v) is 2.86. The maximum atomic E-state index is 12.6. The average Bonchev–Trinajstić information content (AvgIpc) is 2.45. The van der Waals surface area contributed by atoms with E-state index in [4.69, 9.17) is 10.9 Å². The van der Waals surface area contributed by atoms with Crippen LogP contribution in [0.3, 0.4) is 0 Å². The van der Waals surface area contributed by atoms with Crippen LogP contribution in [0.15, 0.2) is 23.4 Å². The van der Waals surface area contributed by atoms with Gasteiger partial charge in [-0.1, -0.05) is 29.3 Å². The standard InChI is InChI=1S/C16H23N3O2/c1-11-8-12(2)10-13(9-11)14(20)19-6-4-16(3,5-7-19)15(17)18-21/h8-10,21H,4-7H2,1-3H3,(H2,17,18). The maximum Gasteiger partial charge on any atom is 0.253 e. The third-order valence-corrected chi connectivity index (χ3v) is 4.35. The summed E-state index contributed by atoms with van der Waals surface area (Å²) in [6.45, 7) is 7.21. The van der Waals surface area contributed by atoms with Crippen molar-refractivity contribution in [3.63, 3.8) is 0 Å². The SMILES string of the molecule is Cc1cc(C)cc(C(=O)N2CCC(C)(/C(N)=N/O)CC2)c1. The summed E-state index contributed by atoms with van der Waals surface area (Å²) in [6.07, 6.45) is 1.42. The van der Waals surface area contributed by atoms with Crippen LogP contribution in [0.1, 0.15) is 41.3 Å². The number of piperidine rings is 1. The minimum absolute atomic E-state index is 0.0587. The van der Waals surface area contributed by atoms with E-state index in [1.807, 2.05) is 37.8 Å². The Morgan fingerprint density at radius 1 is 1.24 bits per heavy atom. The van der Waals surface area contributed by atoms with Crippen LogP contribution < -0.4 is 5.73 Å². The molecule has 1 fully saturated rings. The molecule has 1 aliphatic rings. The average molecular weight is 289 g/mol. The summed E-state index contributed by atoms with van der Waals surface area (Å²) >= 11 is 0. The number of rotatable bonds is 2. The Balaban J connectivity index is 2.10.